The van der Waals surface area contributed by atoms with Crippen molar-refractivity contribution in [2.45, 2.75) is 65.9 Å². The van der Waals surface area contributed by atoms with Gasteiger partial charge in [-0.25, -0.2) is 0 Å². The topological polar surface area (TPSA) is 0 Å². The maximum absolute atomic E-state index is 2.84. The van der Waals surface area contributed by atoms with Crippen LogP contribution in [-0.4, -0.2) is 3.21 Å². The summed E-state index contributed by atoms with van der Waals surface area (Å²) in [7, 11) is 0. The van der Waals surface area contributed by atoms with Crippen LogP contribution in [0.1, 0.15) is 82.8 Å². The van der Waals surface area contributed by atoms with Gasteiger partial charge >= 0.3 is 269 Å². The molecule has 0 amide bonds. The number of hydrogen-bond acceptors (Lipinski definition) is 0. The minimum atomic E-state index is -2.84. The standard InChI is InChI=1S/C15H13.C15H14.C12H19.2ClH.Zr/c1-10-3-5-14-12(7-10)9-13-8-11(2)4-6-15(13)14;1-12-3-7-14(8-4-12)11-15-9-5-13(2)6-10-15;1-9(2)10-6-7-11(8-10)12(3,4)5;;;/h3-9H,1-2H3;3-10H,1-2H3;7-10H,1-5H3;2*1H;/q;;;;;+2/p-2. The van der Waals surface area contributed by atoms with Crippen molar-refractivity contribution in [1.29, 1.82) is 0 Å². The fourth-order valence-electron chi connectivity index (χ4n) is 7.06. The summed E-state index contributed by atoms with van der Waals surface area (Å²) in [5.41, 5.74) is 15.8. The second-order valence-corrected chi connectivity index (χ2v) is 20.5. The van der Waals surface area contributed by atoms with Crippen molar-refractivity contribution in [3.05, 3.63) is 150 Å². The van der Waals surface area contributed by atoms with Crippen molar-refractivity contribution >= 4 is 3.21 Å². The number of aryl methyl sites for hydroxylation is 4. The molecule has 0 N–H and O–H groups in total. The molecule has 0 heterocycles. The fourth-order valence-corrected chi connectivity index (χ4v) is 17.0. The summed E-state index contributed by atoms with van der Waals surface area (Å²) < 4.78 is 3.81. The van der Waals surface area contributed by atoms with Crippen molar-refractivity contribution < 1.29 is 46.1 Å². The number of rotatable bonds is 5. The van der Waals surface area contributed by atoms with E-state index < -0.39 is 21.3 Å². The van der Waals surface area contributed by atoms with Gasteiger partial charge in [0.05, 0.1) is 0 Å². The second kappa shape index (κ2) is 13.8. The Morgan fingerprint density at radius 2 is 1.04 bits per heavy atom. The van der Waals surface area contributed by atoms with Gasteiger partial charge in [-0.3, -0.25) is 0 Å². The van der Waals surface area contributed by atoms with E-state index in [1.807, 2.05) is 0 Å². The van der Waals surface area contributed by atoms with Crippen LogP contribution in [0.2, 0.25) is 0 Å². The number of hydrogen-bond donors (Lipinski definition) is 0. The molecular weight excluding hydrogens is 667 g/mol. The Morgan fingerprint density at radius 1 is 0.622 bits per heavy atom. The molecule has 232 valence electrons. The van der Waals surface area contributed by atoms with E-state index in [4.69, 9.17) is 0 Å². The van der Waals surface area contributed by atoms with Gasteiger partial charge in [-0.1, -0.05) is 0 Å². The molecule has 0 aromatic heterocycles. The number of halogens is 2. The molecule has 0 aliphatic heterocycles. The number of allylic oxidation sites excluding steroid dienone is 4. The van der Waals surface area contributed by atoms with Gasteiger partial charge in [-0.05, 0) is 0 Å². The summed E-state index contributed by atoms with van der Waals surface area (Å²) in [6.45, 7) is 21.0. The van der Waals surface area contributed by atoms with Crippen molar-refractivity contribution in [2.75, 3.05) is 0 Å². The summed E-state index contributed by atoms with van der Waals surface area (Å²) in [5, 5.41) is 0. The molecule has 1 atom stereocenters. The van der Waals surface area contributed by atoms with Crippen molar-refractivity contribution in [3.63, 3.8) is 0 Å². The van der Waals surface area contributed by atoms with Gasteiger partial charge in [0.2, 0.25) is 0 Å². The average molecular weight is 713 g/mol. The first-order chi connectivity index (χ1) is 20.4. The Morgan fingerprint density at radius 3 is 1.44 bits per heavy atom. The smallest absolute Gasteiger partial charge is 1.00 e. The van der Waals surface area contributed by atoms with Crippen molar-refractivity contribution in [1.82, 2.24) is 0 Å². The number of fused-ring (bicyclic) bond motifs is 3. The summed E-state index contributed by atoms with van der Waals surface area (Å²) >= 11 is -2.84. The summed E-state index contributed by atoms with van der Waals surface area (Å²) in [6, 6.07) is 33.4. The molecular formula is C42H46Cl2Zr. The van der Waals surface area contributed by atoms with E-state index in [9.17, 15) is 0 Å². The van der Waals surface area contributed by atoms with Gasteiger partial charge in [0.1, 0.15) is 0 Å². The van der Waals surface area contributed by atoms with Crippen LogP contribution in [0.5, 0.6) is 0 Å². The zero-order valence-corrected chi connectivity index (χ0v) is 32.2. The molecule has 45 heavy (non-hydrogen) atoms. The van der Waals surface area contributed by atoms with Crippen LogP contribution in [0.15, 0.2) is 106 Å². The van der Waals surface area contributed by atoms with Crippen LogP contribution in [-0.2, 0) is 21.3 Å². The summed E-state index contributed by atoms with van der Waals surface area (Å²) in [5.74, 6) is 1.02. The molecule has 0 bridgehead atoms. The second-order valence-electron chi connectivity index (χ2n) is 14.4. The molecule has 4 aromatic rings. The maximum atomic E-state index is 2.69. The van der Waals surface area contributed by atoms with Crippen molar-refractivity contribution in [2.24, 2.45) is 17.3 Å². The third kappa shape index (κ3) is 6.88. The van der Waals surface area contributed by atoms with Gasteiger partial charge in [-0.15, -0.1) is 0 Å². The van der Waals surface area contributed by atoms with E-state index in [-0.39, 0.29) is 30.2 Å². The molecule has 2 aliphatic rings. The Kier molecular flexibility index (Phi) is 10.9. The van der Waals surface area contributed by atoms with Crippen molar-refractivity contribution in [3.8, 4) is 11.1 Å². The van der Waals surface area contributed by atoms with Crippen LogP contribution in [0.25, 0.3) is 11.1 Å². The van der Waals surface area contributed by atoms with E-state index in [0.717, 1.165) is 0 Å². The SMILES string of the molecule is Cc1ccc([C](c2ccc(C)cc2)=[Zr+2]([C]2=CC(C(C)(C)C)=CC2C(C)C)[CH]2c3cc(C)ccc3-c3ccc(C)cc32)cc1.[Cl-].[Cl-]. The Balaban J connectivity index is 0.00000230. The molecule has 6 rings (SSSR count). The minimum absolute atomic E-state index is 0. The quantitative estimate of drug-likeness (QED) is 0.273. The van der Waals surface area contributed by atoms with Crippen LogP contribution >= 0.6 is 0 Å². The summed E-state index contributed by atoms with van der Waals surface area (Å²) in [4.78, 5) is 0. The molecule has 0 radical (unpaired) electrons. The Labute approximate surface area is 292 Å². The van der Waals surface area contributed by atoms with E-state index in [2.05, 4.69) is 159 Å². The first-order valence-electron chi connectivity index (χ1n) is 16.0. The predicted octanol–water partition coefficient (Wildman–Crippen LogP) is 5.03. The molecule has 1 unspecified atom stereocenters. The first kappa shape index (κ1) is 35.5. The van der Waals surface area contributed by atoms with Gasteiger partial charge in [-0.2, -0.15) is 0 Å². The molecule has 2 aliphatic carbocycles. The van der Waals surface area contributed by atoms with Gasteiger partial charge in [0.15, 0.2) is 0 Å². The first-order valence-corrected chi connectivity index (χ1v) is 19.8. The van der Waals surface area contributed by atoms with E-state index in [1.165, 1.54) is 50.1 Å². The van der Waals surface area contributed by atoms with Crippen LogP contribution in [0.3, 0.4) is 0 Å². The van der Waals surface area contributed by atoms with Gasteiger partial charge in [0, 0.05) is 0 Å². The van der Waals surface area contributed by atoms with Crippen LogP contribution < -0.4 is 24.8 Å². The third-order valence-electron chi connectivity index (χ3n) is 9.49. The molecule has 0 saturated carbocycles. The molecule has 0 fully saturated rings. The van der Waals surface area contributed by atoms with E-state index >= 15 is 0 Å². The van der Waals surface area contributed by atoms with Gasteiger partial charge in [0.25, 0.3) is 0 Å². The Hall–Kier alpha value is -2.31. The van der Waals surface area contributed by atoms with Gasteiger partial charge < -0.3 is 24.8 Å². The van der Waals surface area contributed by atoms with Crippen LogP contribution in [0.4, 0.5) is 0 Å². The molecule has 0 spiro atoms. The number of benzene rings is 4. The third-order valence-corrected chi connectivity index (χ3v) is 17.9. The molecule has 3 heteroatoms. The van der Waals surface area contributed by atoms with E-state index in [1.54, 1.807) is 17.6 Å². The van der Waals surface area contributed by atoms with Crippen LogP contribution in [0, 0.1) is 44.9 Å². The average Bonchev–Trinajstić information content (AvgIpc) is 3.53. The molecule has 0 saturated heterocycles. The zero-order chi connectivity index (χ0) is 30.6. The predicted molar refractivity (Wildman–Crippen MR) is 183 cm³/mol. The molecule has 0 nitrogen and oxygen atoms in total. The molecule has 4 aromatic carbocycles. The zero-order valence-electron chi connectivity index (χ0n) is 28.2. The normalized spacial score (nSPS) is 15.3. The maximum Gasteiger partial charge on any atom is -1.00 e. The Bertz CT molecular complexity index is 1700. The summed E-state index contributed by atoms with van der Waals surface area (Å²) in [6.07, 6.45) is 5.33. The minimum Gasteiger partial charge on any atom is -1.00 e. The monoisotopic (exact) mass is 710 g/mol. The largest absolute Gasteiger partial charge is 1.00 e. The van der Waals surface area contributed by atoms with E-state index in [0.29, 0.717) is 15.5 Å². The fraction of sp³-hybridized carbons (Fsp3) is 0.310.